The Morgan fingerprint density at radius 3 is 1.69 bits per heavy atom. The highest BCUT2D eigenvalue weighted by Gasteiger charge is 2.44. The van der Waals surface area contributed by atoms with Crippen molar-refractivity contribution in [2.45, 2.75) is 38.5 Å². The number of allylic oxidation sites excluding steroid dienone is 4. The maximum Gasteiger partial charge on any atom is 0.0541 e. The summed E-state index contributed by atoms with van der Waals surface area (Å²) in [5.41, 5.74) is 23.2. The minimum atomic E-state index is -0.114. The molecule has 0 saturated heterocycles. The molecule has 0 spiro atoms. The molecule has 0 radical (unpaired) electrons. The van der Waals surface area contributed by atoms with E-state index >= 15 is 0 Å². The van der Waals surface area contributed by atoms with Crippen LogP contribution in [-0.4, -0.2) is 4.57 Å². The Morgan fingerprint density at radius 1 is 0.529 bits per heavy atom. The number of fused-ring (bicyclic) bond motifs is 6. The standard InChI is InChI=1S/C66H52N2/c1-5-53-55(25-17-26-56(53)54-21-10-9-18-44(54)2)48-34-40-52(41-35-48)67(50-36-30-46(31-37-50)45-19-7-6-8-20-45)51-38-32-47(33-39-51)49-42-61-65(59-24-11-14-27-60(59)66(61,3)4)64(43-49)68-62-28-15-12-22-57(62)58-23-13-16-29-63(58)68/h5-23,25-43,59H,1,24H2,2-4H3. The number of rotatable bonds is 9. The molecule has 10 aromatic rings. The summed E-state index contributed by atoms with van der Waals surface area (Å²) in [7, 11) is 0. The zero-order chi connectivity index (χ0) is 45.9. The van der Waals surface area contributed by atoms with Crippen molar-refractivity contribution in [3.63, 3.8) is 0 Å². The minimum Gasteiger partial charge on any atom is -0.311 e. The highest BCUT2D eigenvalue weighted by molar-refractivity contribution is 6.09. The first-order valence-corrected chi connectivity index (χ1v) is 23.9. The summed E-state index contributed by atoms with van der Waals surface area (Å²) in [5, 5.41) is 2.56. The molecule has 2 heteroatoms. The number of para-hydroxylation sites is 2. The number of aromatic nitrogens is 1. The molecule has 0 fully saturated rings. The number of aryl methyl sites for hydroxylation is 1. The quantitative estimate of drug-likeness (QED) is 0.140. The Kier molecular flexibility index (Phi) is 10.1. The van der Waals surface area contributed by atoms with E-state index < -0.39 is 0 Å². The first kappa shape index (κ1) is 41.2. The number of anilines is 3. The van der Waals surface area contributed by atoms with Crippen LogP contribution in [-0.2, 0) is 5.41 Å². The molecule has 2 nitrogen and oxygen atoms in total. The highest BCUT2D eigenvalue weighted by atomic mass is 15.1. The Morgan fingerprint density at radius 2 is 1.06 bits per heavy atom. The number of hydrogen-bond acceptors (Lipinski definition) is 1. The van der Waals surface area contributed by atoms with Crippen molar-refractivity contribution in [3.05, 3.63) is 259 Å². The van der Waals surface area contributed by atoms with Crippen LogP contribution in [0.25, 0.3) is 78.1 Å². The van der Waals surface area contributed by atoms with Crippen LogP contribution in [0.5, 0.6) is 0 Å². The summed E-state index contributed by atoms with van der Waals surface area (Å²) in [5.74, 6) is 0.338. The monoisotopic (exact) mass is 872 g/mol. The first-order valence-electron chi connectivity index (χ1n) is 23.9. The summed E-state index contributed by atoms with van der Waals surface area (Å²) in [6, 6.07) is 75.7. The van der Waals surface area contributed by atoms with Gasteiger partial charge in [-0.2, -0.15) is 0 Å². The van der Waals surface area contributed by atoms with Gasteiger partial charge in [-0.05, 0) is 141 Å². The molecule has 0 amide bonds. The maximum absolute atomic E-state index is 4.28. The zero-order valence-electron chi connectivity index (χ0n) is 38.8. The summed E-state index contributed by atoms with van der Waals surface area (Å²) in [6.07, 6.45) is 10.0. The fourth-order valence-corrected chi connectivity index (χ4v) is 11.4. The van der Waals surface area contributed by atoms with Gasteiger partial charge in [-0.15, -0.1) is 0 Å². The van der Waals surface area contributed by atoms with E-state index in [1.807, 2.05) is 6.08 Å². The topological polar surface area (TPSA) is 8.17 Å². The normalized spacial score (nSPS) is 14.7. The van der Waals surface area contributed by atoms with Gasteiger partial charge in [-0.25, -0.2) is 0 Å². The Balaban J connectivity index is 0.978. The third-order valence-corrected chi connectivity index (χ3v) is 14.8. The second kappa shape index (κ2) is 16.6. The molecule has 1 atom stereocenters. The fourth-order valence-electron chi connectivity index (χ4n) is 11.4. The first-order chi connectivity index (χ1) is 33.4. The van der Waals surface area contributed by atoms with Crippen molar-refractivity contribution in [2.75, 3.05) is 4.90 Å². The molecule has 1 aromatic heterocycles. The van der Waals surface area contributed by atoms with Crippen molar-refractivity contribution in [2.24, 2.45) is 0 Å². The molecule has 0 aliphatic heterocycles. The summed E-state index contributed by atoms with van der Waals surface area (Å²) in [4.78, 5) is 2.37. The van der Waals surface area contributed by atoms with Crippen LogP contribution in [0.2, 0.25) is 0 Å². The molecule has 2 aliphatic carbocycles. The number of hydrogen-bond donors (Lipinski definition) is 0. The average molecular weight is 873 g/mol. The number of nitrogens with zero attached hydrogens (tertiary/aromatic N) is 2. The third-order valence-electron chi connectivity index (χ3n) is 14.8. The van der Waals surface area contributed by atoms with Crippen molar-refractivity contribution >= 4 is 44.9 Å². The fraction of sp³-hybridized carbons (Fsp3) is 0.0909. The number of benzene rings is 9. The van der Waals surface area contributed by atoms with Crippen LogP contribution >= 0.6 is 0 Å². The van der Waals surface area contributed by atoms with Gasteiger partial charge in [-0.3, -0.25) is 0 Å². The zero-order valence-corrected chi connectivity index (χ0v) is 38.8. The molecule has 9 aromatic carbocycles. The molecular weight excluding hydrogens is 821 g/mol. The molecule has 326 valence electrons. The van der Waals surface area contributed by atoms with Crippen LogP contribution in [0.1, 0.15) is 48.4 Å². The summed E-state index contributed by atoms with van der Waals surface area (Å²) >= 11 is 0. The molecule has 0 saturated carbocycles. The van der Waals surface area contributed by atoms with Gasteiger partial charge in [0.1, 0.15) is 0 Å². The molecule has 68 heavy (non-hydrogen) atoms. The lowest BCUT2D eigenvalue weighted by Crippen LogP contribution is -2.17. The van der Waals surface area contributed by atoms with Crippen molar-refractivity contribution < 1.29 is 0 Å². The van der Waals surface area contributed by atoms with Crippen molar-refractivity contribution in [1.82, 2.24) is 4.57 Å². The van der Waals surface area contributed by atoms with Crippen LogP contribution in [0, 0.1) is 6.92 Å². The van der Waals surface area contributed by atoms with E-state index in [0.29, 0.717) is 5.92 Å². The smallest absolute Gasteiger partial charge is 0.0541 e. The van der Waals surface area contributed by atoms with E-state index in [2.05, 4.69) is 261 Å². The van der Waals surface area contributed by atoms with Crippen LogP contribution < -0.4 is 4.90 Å². The molecule has 1 heterocycles. The predicted octanol–water partition coefficient (Wildman–Crippen LogP) is 18.1. The second-order valence-corrected chi connectivity index (χ2v) is 18.9. The van der Waals surface area contributed by atoms with Gasteiger partial charge >= 0.3 is 0 Å². The Hall–Kier alpha value is -8.20. The molecule has 12 rings (SSSR count). The largest absolute Gasteiger partial charge is 0.311 e. The van der Waals surface area contributed by atoms with E-state index in [4.69, 9.17) is 0 Å². The van der Waals surface area contributed by atoms with Crippen molar-refractivity contribution in [3.8, 4) is 50.2 Å². The average Bonchev–Trinajstić information content (AvgIpc) is 3.85. The van der Waals surface area contributed by atoms with Gasteiger partial charge < -0.3 is 9.47 Å². The second-order valence-electron chi connectivity index (χ2n) is 18.9. The van der Waals surface area contributed by atoms with Crippen LogP contribution in [0.3, 0.4) is 0 Å². The van der Waals surface area contributed by atoms with Gasteiger partial charge in [-0.1, -0.05) is 196 Å². The Bertz CT molecular complexity index is 3570. The van der Waals surface area contributed by atoms with Crippen LogP contribution in [0.15, 0.2) is 237 Å². The maximum atomic E-state index is 4.28. The molecule has 0 bridgehead atoms. The molecular formula is C66H52N2. The van der Waals surface area contributed by atoms with Crippen LogP contribution in [0.4, 0.5) is 17.1 Å². The Labute approximate surface area is 400 Å². The van der Waals surface area contributed by atoms with Crippen molar-refractivity contribution in [1.29, 1.82) is 0 Å². The SMILES string of the molecule is C=Cc1c(-c2ccc(N(c3ccc(-c4ccccc4)cc3)c3ccc(-c4cc(-n5c6ccccc6c6ccccc65)c5c(c4)C(C)(C)C4=CC=CCC45)cc3)cc2)cccc1-c1ccccc1C. The lowest BCUT2D eigenvalue weighted by Gasteiger charge is -2.26. The summed E-state index contributed by atoms with van der Waals surface area (Å²) in [6.45, 7) is 11.3. The molecule has 2 aliphatic rings. The third kappa shape index (κ3) is 6.78. The minimum absolute atomic E-state index is 0.114. The van der Waals surface area contributed by atoms with Gasteiger partial charge in [0.15, 0.2) is 0 Å². The van der Waals surface area contributed by atoms with E-state index in [0.717, 1.165) is 34.6 Å². The van der Waals surface area contributed by atoms with Gasteiger partial charge in [0.05, 0.1) is 16.7 Å². The van der Waals surface area contributed by atoms with Gasteiger partial charge in [0.2, 0.25) is 0 Å². The van der Waals surface area contributed by atoms with E-state index in [-0.39, 0.29) is 5.41 Å². The van der Waals surface area contributed by atoms with E-state index in [9.17, 15) is 0 Å². The van der Waals surface area contributed by atoms with Gasteiger partial charge in [0.25, 0.3) is 0 Å². The summed E-state index contributed by atoms with van der Waals surface area (Å²) < 4.78 is 2.54. The van der Waals surface area contributed by atoms with Gasteiger partial charge in [0, 0.05) is 39.2 Å². The predicted molar refractivity (Wildman–Crippen MR) is 290 cm³/mol. The highest BCUT2D eigenvalue weighted by Crippen LogP contribution is 2.56. The molecule has 0 N–H and O–H groups in total. The van der Waals surface area contributed by atoms with E-state index in [1.54, 1.807) is 0 Å². The van der Waals surface area contributed by atoms with E-state index in [1.165, 1.54) is 88.7 Å². The lowest BCUT2D eigenvalue weighted by molar-refractivity contribution is 0.612. The molecule has 1 unspecified atom stereocenters. The lowest BCUT2D eigenvalue weighted by atomic mass is 9.79.